The number of hydrogen-bond acceptors (Lipinski definition) is 5. The number of piperidine rings is 1. The van der Waals surface area contributed by atoms with Gasteiger partial charge in [-0.3, -0.25) is 9.69 Å². The van der Waals surface area contributed by atoms with Crippen molar-refractivity contribution in [1.29, 1.82) is 0 Å². The Morgan fingerprint density at radius 3 is 2.68 bits per heavy atom. The van der Waals surface area contributed by atoms with Gasteiger partial charge in [0.2, 0.25) is 12.3 Å². The molecule has 0 radical (unpaired) electrons. The second-order valence-electron chi connectivity index (χ2n) is 6.69. The first-order valence-electron chi connectivity index (χ1n) is 9.40. The van der Waals surface area contributed by atoms with Crippen LogP contribution in [0.15, 0.2) is 12.7 Å². The molecule has 1 aliphatic rings. The summed E-state index contributed by atoms with van der Waals surface area (Å²) in [4.78, 5) is 24.4. The van der Waals surface area contributed by atoms with E-state index in [0.29, 0.717) is 49.8 Å². The van der Waals surface area contributed by atoms with Crippen LogP contribution in [-0.4, -0.2) is 42.4 Å². The van der Waals surface area contributed by atoms with Gasteiger partial charge in [0, 0.05) is 44.1 Å². The SMILES string of the molecule is C=CC(=O)NCc1nc(N(C)C#CCC)c(C)c(N2CCC(C(F)F)CC2)n1. The minimum atomic E-state index is -2.29. The van der Waals surface area contributed by atoms with Gasteiger partial charge in [0.1, 0.15) is 11.6 Å². The van der Waals surface area contributed by atoms with E-state index in [9.17, 15) is 13.6 Å². The summed E-state index contributed by atoms with van der Waals surface area (Å²) in [5, 5.41) is 2.68. The predicted molar refractivity (Wildman–Crippen MR) is 106 cm³/mol. The fraction of sp³-hybridized carbons (Fsp3) is 0.550. The molecule has 0 saturated carbocycles. The van der Waals surface area contributed by atoms with Gasteiger partial charge >= 0.3 is 0 Å². The molecule has 0 aromatic carbocycles. The standard InChI is InChI=1S/C20H27F2N5O/c1-5-7-10-26(4)19-14(3)20(25-16(24-19)13-23-17(28)6-2)27-11-8-15(9-12-27)18(21)22/h6,15,18H,2,5,8-9,11-13H2,1,3-4H3,(H,23,28). The van der Waals surface area contributed by atoms with E-state index in [2.05, 4.69) is 33.8 Å². The second kappa shape index (κ2) is 10.0. The van der Waals surface area contributed by atoms with E-state index in [1.807, 2.05) is 25.8 Å². The summed E-state index contributed by atoms with van der Waals surface area (Å²) in [6.45, 7) is 8.46. The lowest BCUT2D eigenvalue weighted by molar-refractivity contribution is -0.116. The van der Waals surface area contributed by atoms with Crippen molar-refractivity contribution in [2.45, 2.75) is 46.1 Å². The summed E-state index contributed by atoms with van der Waals surface area (Å²) >= 11 is 0. The lowest BCUT2D eigenvalue weighted by Gasteiger charge is -2.34. The van der Waals surface area contributed by atoms with E-state index in [1.165, 1.54) is 6.08 Å². The number of alkyl halides is 2. The van der Waals surface area contributed by atoms with E-state index in [1.54, 1.807) is 4.90 Å². The fourth-order valence-corrected chi connectivity index (χ4v) is 3.10. The summed E-state index contributed by atoms with van der Waals surface area (Å²) in [6.07, 6.45) is 0.452. The molecule has 0 bridgehead atoms. The van der Waals surface area contributed by atoms with Crippen molar-refractivity contribution < 1.29 is 13.6 Å². The lowest BCUT2D eigenvalue weighted by Crippen LogP contribution is -2.37. The van der Waals surface area contributed by atoms with Crippen molar-refractivity contribution >= 4 is 17.5 Å². The van der Waals surface area contributed by atoms with E-state index in [-0.39, 0.29) is 12.5 Å². The molecule has 1 aliphatic heterocycles. The minimum Gasteiger partial charge on any atom is -0.356 e. The van der Waals surface area contributed by atoms with Crippen molar-refractivity contribution in [2.24, 2.45) is 5.92 Å². The molecule has 0 spiro atoms. The number of halogens is 2. The monoisotopic (exact) mass is 391 g/mol. The molecule has 8 heteroatoms. The molecule has 152 valence electrons. The molecular formula is C20H27F2N5O. The highest BCUT2D eigenvalue weighted by atomic mass is 19.3. The predicted octanol–water partition coefficient (Wildman–Crippen LogP) is 2.88. The number of anilines is 2. The molecular weight excluding hydrogens is 364 g/mol. The number of hydrogen-bond donors (Lipinski definition) is 1. The smallest absolute Gasteiger partial charge is 0.243 e. The quantitative estimate of drug-likeness (QED) is 0.459. The number of nitrogens with one attached hydrogen (secondary N) is 1. The Morgan fingerprint density at radius 2 is 2.11 bits per heavy atom. The molecule has 28 heavy (non-hydrogen) atoms. The van der Waals surface area contributed by atoms with Crippen LogP contribution in [0.1, 0.15) is 37.6 Å². The van der Waals surface area contributed by atoms with E-state index in [4.69, 9.17) is 0 Å². The molecule has 1 aromatic rings. The Labute approximate surface area is 165 Å². The van der Waals surface area contributed by atoms with Crippen LogP contribution in [0.5, 0.6) is 0 Å². The maximum Gasteiger partial charge on any atom is 0.243 e. The van der Waals surface area contributed by atoms with Crippen molar-refractivity contribution in [3.05, 3.63) is 24.0 Å². The number of nitrogens with zero attached hydrogens (tertiary/aromatic N) is 4. The fourth-order valence-electron chi connectivity index (χ4n) is 3.10. The first kappa shape index (κ1) is 21.6. The Morgan fingerprint density at radius 1 is 1.43 bits per heavy atom. The zero-order valence-electron chi connectivity index (χ0n) is 16.6. The molecule has 1 fully saturated rings. The van der Waals surface area contributed by atoms with E-state index >= 15 is 0 Å². The third-order valence-corrected chi connectivity index (χ3v) is 4.68. The Kier molecular flexibility index (Phi) is 7.73. The summed E-state index contributed by atoms with van der Waals surface area (Å²) in [5.74, 6) is 3.90. The van der Waals surface area contributed by atoms with Crippen LogP contribution in [0.2, 0.25) is 0 Å². The van der Waals surface area contributed by atoms with E-state index in [0.717, 1.165) is 5.56 Å². The third-order valence-electron chi connectivity index (χ3n) is 4.68. The molecule has 0 atom stereocenters. The summed E-state index contributed by atoms with van der Waals surface area (Å²) in [5.41, 5.74) is 0.835. The van der Waals surface area contributed by atoms with E-state index < -0.39 is 12.3 Å². The Bertz CT molecular complexity index is 764. The summed E-state index contributed by atoms with van der Waals surface area (Å²) in [7, 11) is 1.82. The van der Waals surface area contributed by atoms with Gasteiger partial charge in [-0.1, -0.05) is 19.4 Å². The Balaban J connectivity index is 2.34. The minimum absolute atomic E-state index is 0.147. The van der Waals surface area contributed by atoms with Crippen LogP contribution in [0.3, 0.4) is 0 Å². The number of carbonyl (C=O) groups is 1. The zero-order valence-corrected chi connectivity index (χ0v) is 16.6. The van der Waals surface area contributed by atoms with Gasteiger partial charge in [0.25, 0.3) is 0 Å². The maximum atomic E-state index is 13.0. The van der Waals surface area contributed by atoms with Crippen LogP contribution in [0, 0.1) is 24.8 Å². The average molecular weight is 391 g/mol. The summed E-state index contributed by atoms with van der Waals surface area (Å²) in [6, 6.07) is 3.02. The number of amides is 1. The number of carbonyl (C=O) groups excluding carboxylic acids is 1. The van der Waals surface area contributed by atoms with Gasteiger partial charge in [-0.15, -0.1) is 0 Å². The van der Waals surface area contributed by atoms with Gasteiger partial charge in [0.05, 0.1) is 6.54 Å². The van der Waals surface area contributed by atoms with Gasteiger partial charge in [-0.2, -0.15) is 0 Å². The summed E-state index contributed by atoms with van der Waals surface area (Å²) < 4.78 is 26.0. The Hall–Kier alpha value is -2.69. The molecule has 0 unspecified atom stereocenters. The highest BCUT2D eigenvalue weighted by Crippen LogP contribution is 2.31. The van der Waals surface area contributed by atoms with Crippen LogP contribution in [-0.2, 0) is 11.3 Å². The van der Waals surface area contributed by atoms with Crippen molar-refractivity contribution in [2.75, 3.05) is 29.9 Å². The molecule has 2 heterocycles. The molecule has 1 saturated heterocycles. The number of aromatic nitrogens is 2. The molecule has 6 nitrogen and oxygen atoms in total. The second-order valence-corrected chi connectivity index (χ2v) is 6.69. The lowest BCUT2D eigenvalue weighted by atomic mass is 9.97. The van der Waals surface area contributed by atoms with Gasteiger partial charge < -0.3 is 10.2 Å². The third kappa shape index (κ3) is 5.41. The zero-order chi connectivity index (χ0) is 20.7. The number of rotatable bonds is 6. The molecule has 0 aliphatic carbocycles. The van der Waals surface area contributed by atoms with Crippen molar-refractivity contribution in [1.82, 2.24) is 15.3 Å². The topological polar surface area (TPSA) is 61.4 Å². The van der Waals surface area contributed by atoms with Gasteiger partial charge in [0.15, 0.2) is 5.82 Å². The molecule has 1 aromatic heterocycles. The molecule has 2 rings (SSSR count). The maximum absolute atomic E-state index is 13.0. The highest BCUT2D eigenvalue weighted by Gasteiger charge is 2.28. The van der Waals surface area contributed by atoms with Crippen molar-refractivity contribution in [3.63, 3.8) is 0 Å². The molecule has 1 N–H and O–H groups in total. The van der Waals surface area contributed by atoms with Gasteiger partial charge in [-0.05, 0) is 25.8 Å². The van der Waals surface area contributed by atoms with Crippen LogP contribution >= 0.6 is 0 Å². The van der Waals surface area contributed by atoms with Gasteiger partial charge in [-0.25, -0.2) is 18.7 Å². The van der Waals surface area contributed by atoms with Crippen LogP contribution < -0.4 is 15.1 Å². The van der Waals surface area contributed by atoms with Crippen LogP contribution in [0.25, 0.3) is 0 Å². The molecule has 1 amide bonds. The van der Waals surface area contributed by atoms with Crippen LogP contribution in [0.4, 0.5) is 20.4 Å². The normalized spacial score (nSPS) is 14.4. The first-order valence-corrected chi connectivity index (χ1v) is 9.40. The largest absolute Gasteiger partial charge is 0.356 e. The van der Waals surface area contributed by atoms with Crippen molar-refractivity contribution in [3.8, 4) is 12.0 Å². The first-order chi connectivity index (χ1) is 13.4. The average Bonchev–Trinajstić information content (AvgIpc) is 2.70. The highest BCUT2D eigenvalue weighted by molar-refractivity contribution is 5.86.